The molecule has 0 aromatic heterocycles. The molecular weight excluding hydrogens is 532 g/mol. The fourth-order valence-electron chi connectivity index (χ4n) is 7.91. The third kappa shape index (κ3) is 5.43. The average molecular weight is 577 g/mol. The number of ketones is 1. The van der Waals surface area contributed by atoms with E-state index in [1.54, 1.807) is 4.90 Å². The van der Waals surface area contributed by atoms with Crippen molar-refractivity contribution in [3.63, 3.8) is 0 Å². The van der Waals surface area contributed by atoms with E-state index in [0.29, 0.717) is 51.7 Å². The second-order valence-corrected chi connectivity index (χ2v) is 12.7. The van der Waals surface area contributed by atoms with Crippen molar-refractivity contribution in [2.45, 2.75) is 88.3 Å². The summed E-state index contributed by atoms with van der Waals surface area (Å²) < 4.78 is 12.9. The molecule has 10 nitrogen and oxygen atoms in total. The van der Waals surface area contributed by atoms with Gasteiger partial charge in [-0.3, -0.25) is 25.1 Å². The molecule has 10 heteroatoms. The second kappa shape index (κ2) is 12.2. The normalized spacial score (nSPS) is 35.5. The van der Waals surface area contributed by atoms with Crippen LogP contribution in [0.4, 0.5) is 0 Å². The monoisotopic (exact) mass is 576 g/mol. The molecule has 2 N–H and O–H groups in total. The Hall–Kier alpha value is -2.65. The van der Waals surface area contributed by atoms with E-state index in [-0.39, 0.29) is 36.2 Å². The number of hydrogen-bond acceptors (Lipinski definition) is 9. The van der Waals surface area contributed by atoms with E-state index in [9.17, 15) is 14.9 Å². The highest BCUT2D eigenvalue weighted by atomic mass is 16.5. The molecule has 4 heterocycles. The Morgan fingerprint density at radius 2 is 2.12 bits per heavy atom. The first kappa shape index (κ1) is 29.4. The molecule has 4 aliphatic heterocycles. The Labute approximate surface area is 249 Å². The predicted molar refractivity (Wildman–Crippen MR) is 157 cm³/mol. The summed E-state index contributed by atoms with van der Waals surface area (Å²) in [7, 11) is 2.13. The molecule has 226 valence electrons. The Kier molecular flexibility index (Phi) is 8.51. The number of carbonyl (C=O) groups excluding carboxylic acids is 2. The minimum absolute atomic E-state index is 0.00373. The third-order valence-electron chi connectivity index (χ3n) is 10.4. The summed E-state index contributed by atoms with van der Waals surface area (Å²) in [5.41, 5.74) is 2.77. The van der Waals surface area contributed by atoms with Crippen LogP contribution in [-0.2, 0) is 32.1 Å². The lowest BCUT2D eigenvalue weighted by Gasteiger charge is -2.55. The van der Waals surface area contributed by atoms with Crippen molar-refractivity contribution in [3.05, 3.63) is 47.5 Å². The molecule has 1 aliphatic carbocycles. The standard InChI is InChI=1S/C32H44N6O4/c1-4-27(39)38-16-15-37(18-23(38)11-13-33)30-25-10-12-32(17-22-8-5-7-21(2)26(22)20-42-32)29(40)28(25)34-31(35-30)41-19-24-9-6-14-36(24)3/h4-5,7-8,23-25,28,30-31,34-35H,1,6,9-12,14-20H2,2-3H3/t23?,24?,25?,28?,30?,31?,32-/m0/s1. The molecule has 1 spiro atoms. The van der Waals surface area contributed by atoms with Gasteiger partial charge in [-0.1, -0.05) is 24.8 Å². The summed E-state index contributed by atoms with van der Waals surface area (Å²) in [6, 6.07) is 8.26. The lowest BCUT2D eigenvalue weighted by molar-refractivity contribution is -0.173. The SMILES string of the molecule is C=CC(=O)N1CCN(C2NC(OCC3CCCN3C)NC3C(=O)[C@]4(CCC32)Cc2cccc(C)c2CO4)CC1CC#N. The number of nitrogens with zero attached hydrogens (tertiary/aromatic N) is 4. The maximum Gasteiger partial charge on any atom is 0.246 e. The number of benzene rings is 1. The lowest BCUT2D eigenvalue weighted by Crippen LogP contribution is -2.75. The topological polar surface area (TPSA) is 110 Å². The van der Waals surface area contributed by atoms with Gasteiger partial charge in [0.15, 0.2) is 12.1 Å². The van der Waals surface area contributed by atoms with Crippen molar-refractivity contribution in [2.75, 3.05) is 39.8 Å². The number of fused-ring (bicyclic) bond motifs is 2. The van der Waals surface area contributed by atoms with E-state index >= 15 is 0 Å². The third-order valence-corrected chi connectivity index (χ3v) is 10.4. The van der Waals surface area contributed by atoms with Crippen molar-refractivity contribution in [1.29, 1.82) is 5.26 Å². The van der Waals surface area contributed by atoms with Crippen LogP contribution in [0.5, 0.6) is 0 Å². The first-order valence-corrected chi connectivity index (χ1v) is 15.5. The summed E-state index contributed by atoms with van der Waals surface area (Å²) >= 11 is 0. The number of Topliss-reactive ketones (excluding diaryl/α,β-unsaturated/α-hetero) is 1. The summed E-state index contributed by atoms with van der Waals surface area (Å²) in [6.45, 7) is 9.55. The summed E-state index contributed by atoms with van der Waals surface area (Å²) in [6.07, 6.45) is 5.28. The molecule has 1 aromatic carbocycles. The Morgan fingerprint density at radius 1 is 1.26 bits per heavy atom. The molecular formula is C32H44N6O4. The molecule has 1 amide bonds. The number of aryl methyl sites for hydroxylation is 1. The largest absolute Gasteiger partial charge is 0.362 e. The number of piperazine rings is 1. The molecule has 4 fully saturated rings. The van der Waals surface area contributed by atoms with Crippen LogP contribution in [0.15, 0.2) is 30.9 Å². The van der Waals surface area contributed by atoms with E-state index in [1.165, 1.54) is 22.8 Å². The predicted octanol–water partition coefficient (Wildman–Crippen LogP) is 1.68. The number of amides is 1. The summed E-state index contributed by atoms with van der Waals surface area (Å²) in [5.74, 6) is -0.0326. The number of ether oxygens (including phenoxy) is 2. The number of carbonyl (C=O) groups is 2. The van der Waals surface area contributed by atoms with E-state index in [2.05, 4.69) is 65.3 Å². The van der Waals surface area contributed by atoms with Crippen molar-refractivity contribution >= 4 is 11.7 Å². The van der Waals surface area contributed by atoms with Gasteiger partial charge in [-0.25, -0.2) is 0 Å². The first-order valence-electron chi connectivity index (χ1n) is 15.5. The minimum Gasteiger partial charge on any atom is -0.362 e. The maximum atomic E-state index is 14.5. The van der Waals surface area contributed by atoms with Crippen molar-refractivity contribution < 1.29 is 19.1 Å². The molecule has 5 aliphatic rings. The van der Waals surface area contributed by atoms with Crippen LogP contribution in [0.2, 0.25) is 0 Å². The van der Waals surface area contributed by atoms with Gasteiger partial charge in [-0.05, 0) is 69.0 Å². The lowest BCUT2D eigenvalue weighted by atomic mass is 9.68. The zero-order chi connectivity index (χ0) is 29.4. The first-order chi connectivity index (χ1) is 20.3. The smallest absolute Gasteiger partial charge is 0.246 e. The second-order valence-electron chi connectivity index (χ2n) is 12.7. The molecule has 0 radical (unpaired) electrons. The minimum atomic E-state index is -0.842. The number of likely N-dealkylation sites (tertiary alicyclic amines) is 1. The summed E-state index contributed by atoms with van der Waals surface area (Å²) in [5, 5.41) is 16.8. The van der Waals surface area contributed by atoms with Gasteiger partial charge >= 0.3 is 0 Å². The van der Waals surface area contributed by atoms with Crippen molar-refractivity contribution in [2.24, 2.45) is 5.92 Å². The van der Waals surface area contributed by atoms with Crippen molar-refractivity contribution in [3.8, 4) is 6.07 Å². The number of nitrogens with one attached hydrogen (secondary N) is 2. The van der Waals surface area contributed by atoms with E-state index in [0.717, 1.165) is 25.8 Å². The Morgan fingerprint density at radius 3 is 2.88 bits per heavy atom. The number of rotatable bonds is 6. The fraction of sp³-hybridized carbons (Fsp3) is 0.656. The molecule has 3 saturated heterocycles. The number of likely N-dealkylation sites (N-methyl/N-ethyl adjacent to an activating group) is 1. The van der Waals surface area contributed by atoms with Crippen LogP contribution < -0.4 is 10.6 Å². The number of nitriles is 1. The van der Waals surface area contributed by atoms with E-state index < -0.39 is 18.0 Å². The highest BCUT2D eigenvalue weighted by Crippen LogP contribution is 2.42. The van der Waals surface area contributed by atoms with Gasteiger partial charge in [-0.15, -0.1) is 0 Å². The van der Waals surface area contributed by atoms with Crippen molar-refractivity contribution in [1.82, 2.24) is 25.3 Å². The molecule has 7 atom stereocenters. The molecule has 42 heavy (non-hydrogen) atoms. The van der Waals surface area contributed by atoms with Gasteiger partial charge < -0.3 is 19.3 Å². The van der Waals surface area contributed by atoms with Crippen LogP contribution in [0.1, 0.15) is 48.8 Å². The highest BCUT2D eigenvalue weighted by molar-refractivity contribution is 5.94. The van der Waals surface area contributed by atoms with Gasteiger partial charge in [-0.2, -0.15) is 5.26 Å². The molecule has 1 saturated carbocycles. The fourth-order valence-corrected chi connectivity index (χ4v) is 7.91. The average Bonchev–Trinajstić information content (AvgIpc) is 3.42. The van der Waals surface area contributed by atoms with E-state index in [1.807, 2.05) is 0 Å². The van der Waals surface area contributed by atoms with Crippen LogP contribution in [0.25, 0.3) is 0 Å². The van der Waals surface area contributed by atoms with Crippen LogP contribution in [-0.4, -0.2) is 102 Å². The van der Waals surface area contributed by atoms with Gasteiger partial charge in [0.05, 0.1) is 44.0 Å². The molecule has 6 rings (SSSR count). The molecule has 6 unspecified atom stereocenters. The molecule has 0 bridgehead atoms. The molecule has 1 aromatic rings. The Balaban J connectivity index is 1.24. The summed E-state index contributed by atoms with van der Waals surface area (Å²) in [4.78, 5) is 33.4. The van der Waals surface area contributed by atoms with Gasteiger partial charge in [0.25, 0.3) is 0 Å². The van der Waals surface area contributed by atoms with Crippen LogP contribution >= 0.6 is 0 Å². The van der Waals surface area contributed by atoms with Gasteiger partial charge in [0.1, 0.15) is 5.60 Å². The van der Waals surface area contributed by atoms with Gasteiger partial charge in [0.2, 0.25) is 5.91 Å². The van der Waals surface area contributed by atoms with Crippen LogP contribution in [0.3, 0.4) is 0 Å². The van der Waals surface area contributed by atoms with E-state index in [4.69, 9.17) is 9.47 Å². The van der Waals surface area contributed by atoms with Gasteiger partial charge in [0, 0.05) is 38.0 Å². The highest BCUT2D eigenvalue weighted by Gasteiger charge is 2.56. The maximum absolute atomic E-state index is 14.5. The zero-order valence-electron chi connectivity index (χ0n) is 24.9. The zero-order valence-corrected chi connectivity index (χ0v) is 24.9. The number of hydrogen-bond donors (Lipinski definition) is 2. The quantitative estimate of drug-likeness (QED) is 0.489. The van der Waals surface area contributed by atoms with Crippen LogP contribution in [0, 0.1) is 24.2 Å². The Bertz CT molecular complexity index is 1250.